The molecule has 0 spiro atoms. The molecular weight excluding hydrogens is 550 g/mol. The van der Waals surface area contributed by atoms with E-state index in [4.69, 9.17) is 27.9 Å². The molecule has 0 bridgehead atoms. The summed E-state index contributed by atoms with van der Waals surface area (Å²) in [4.78, 5) is 30.8. The number of pyridine rings is 1. The highest BCUT2D eigenvalue weighted by molar-refractivity contribution is 9.10. The predicted molar refractivity (Wildman–Crippen MR) is 128 cm³/mol. The summed E-state index contributed by atoms with van der Waals surface area (Å²) in [6.45, 7) is 1.13. The summed E-state index contributed by atoms with van der Waals surface area (Å²) in [5, 5.41) is 10.3. The minimum absolute atomic E-state index is 0.00502. The first-order valence-electron chi connectivity index (χ1n) is 10.2. The monoisotopic (exact) mass is 566 g/mol. The van der Waals surface area contributed by atoms with Gasteiger partial charge < -0.3 is 9.84 Å². The van der Waals surface area contributed by atoms with Crippen LogP contribution in [0.4, 0.5) is 4.39 Å². The number of carboxylic acid groups (broad SMARTS) is 1. The summed E-state index contributed by atoms with van der Waals surface area (Å²) in [7, 11) is 0. The van der Waals surface area contributed by atoms with Crippen LogP contribution in [0.25, 0.3) is 0 Å². The summed E-state index contributed by atoms with van der Waals surface area (Å²) in [5.74, 6) is -3.18. The Hall–Kier alpha value is -2.52. The van der Waals surface area contributed by atoms with Gasteiger partial charge in [-0.3, -0.25) is 19.5 Å². The number of ether oxygens (including phenoxy) is 1. The Morgan fingerprint density at radius 3 is 2.50 bits per heavy atom. The zero-order valence-corrected chi connectivity index (χ0v) is 20.9. The van der Waals surface area contributed by atoms with Crippen LogP contribution >= 0.6 is 39.1 Å². The van der Waals surface area contributed by atoms with Crippen LogP contribution in [0.5, 0.6) is 0 Å². The Balaban J connectivity index is 1.95. The summed E-state index contributed by atoms with van der Waals surface area (Å²) < 4.78 is 22.2. The minimum Gasteiger partial charge on any atom is -0.481 e. The topological polar surface area (TPSA) is 79.7 Å². The molecule has 10 heteroatoms. The van der Waals surface area contributed by atoms with Gasteiger partial charge in [0.1, 0.15) is 5.82 Å². The molecule has 1 unspecified atom stereocenters. The molecule has 1 aromatic heterocycles. The van der Waals surface area contributed by atoms with E-state index in [0.29, 0.717) is 25.8 Å². The lowest BCUT2D eigenvalue weighted by atomic mass is 9.92. The van der Waals surface area contributed by atoms with E-state index in [2.05, 4.69) is 20.9 Å². The van der Waals surface area contributed by atoms with Gasteiger partial charge in [0.15, 0.2) is 5.72 Å². The van der Waals surface area contributed by atoms with E-state index in [9.17, 15) is 14.7 Å². The number of hydrogen-bond donors (Lipinski definition) is 1. The van der Waals surface area contributed by atoms with Gasteiger partial charge in [0.25, 0.3) is 5.91 Å². The number of amides is 1. The van der Waals surface area contributed by atoms with Crippen LogP contribution in [0.1, 0.15) is 34.1 Å². The molecule has 0 saturated heterocycles. The average Bonchev–Trinajstić information content (AvgIpc) is 3.02. The molecular formula is C24H18BrCl2FN2O4. The van der Waals surface area contributed by atoms with E-state index in [1.165, 1.54) is 30.2 Å². The van der Waals surface area contributed by atoms with Crippen LogP contribution in [0, 0.1) is 11.7 Å². The number of rotatable bonds is 7. The maximum atomic E-state index is 15.6. The fourth-order valence-corrected chi connectivity index (χ4v) is 4.55. The number of halogens is 4. The van der Waals surface area contributed by atoms with E-state index < -0.39 is 29.3 Å². The zero-order chi connectivity index (χ0) is 24.6. The quantitative estimate of drug-likeness (QED) is 0.385. The highest BCUT2D eigenvalue weighted by atomic mass is 79.9. The van der Waals surface area contributed by atoms with Crippen molar-refractivity contribution in [2.75, 3.05) is 6.61 Å². The molecule has 0 saturated carbocycles. The number of aliphatic carboxylic acids is 1. The molecule has 0 fully saturated rings. The number of nitrogens with zero attached hydrogens (tertiary/aromatic N) is 2. The molecule has 1 aliphatic rings. The largest absolute Gasteiger partial charge is 0.481 e. The van der Waals surface area contributed by atoms with Crippen LogP contribution in [-0.2, 0) is 21.8 Å². The lowest BCUT2D eigenvalue weighted by Crippen LogP contribution is -2.48. The van der Waals surface area contributed by atoms with Crippen molar-refractivity contribution in [1.29, 1.82) is 0 Å². The van der Waals surface area contributed by atoms with Gasteiger partial charge in [-0.2, -0.15) is 0 Å². The van der Waals surface area contributed by atoms with E-state index in [1.54, 1.807) is 36.4 Å². The number of fused-ring (bicyclic) bond motifs is 1. The Morgan fingerprint density at radius 2 is 1.88 bits per heavy atom. The van der Waals surface area contributed by atoms with E-state index >= 15 is 4.39 Å². The van der Waals surface area contributed by atoms with E-state index in [0.717, 1.165) is 0 Å². The number of carboxylic acids is 1. The molecule has 6 nitrogen and oxygen atoms in total. The molecule has 2 atom stereocenters. The summed E-state index contributed by atoms with van der Waals surface area (Å²) in [6, 6.07) is 12.5. The van der Waals surface area contributed by atoms with Gasteiger partial charge in [-0.15, -0.1) is 0 Å². The molecule has 176 valence electrons. The molecule has 0 radical (unpaired) electrons. The van der Waals surface area contributed by atoms with Crippen LogP contribution < -0.4 is 0 Å². The Kier molecular flexibility index (Phi) is 6.96. The third-order valence-corrected chi connectivity index (χ3v) is 6.49. The zero-order valence-electron chi connectivity index (χ0n) is 17.8. The predicted octanol–water partition coefficient (Wildman–Crippen LogP) is 5.88. The van der Waals surface area contributed by atoms with Crippen molar-refractivity contribution in [2.24, 2.45) is 5.92 Å². The van der Waals surface area contributed by atoms with Gasteiger partial charge in [-0.1, -0.05) is 51.3 Å². The van der Waals surface area contributed by atoms with Crippen molar-refractivity contribution in [3.63, 3.8) is 0 Å². The lowest BCUT2D eigenvalue weighted by molar-refractivity contribution is -0.153. The second-order valence-electron chi connectivity index (χ2n) is 7.87. The Bertz CT molecular complexity index is 1260. The first kappa shape index (κ1) is 24.6. The van der Waals surface area contributed by atoms with Crippen molar-refractivity contribution in [3.05, 3.63) is 97.4 Å². The van der Waals surface area contributed by atoms with Crippen LogP contribution in [0.3, 0.4) is 0 Å². The number of carbonyl (C=O) groups is 2. The molecule has 34 heavy (non-hydrogen) atoms. The average molecular weight is 568 g/mol. The molecule has 3 aromatic rings. The normalized spacial score (nSPS) is 18.1. The van der Waals surface area contributed by atoms with Gasteiger partial charge in [0.2, 0.25) is 0 Å². The van der Waals surface area contributed by atoms with Crippen molar-refractivity contribution < 1.29 is 23.8 Å². The molecule has 2 aromatic carbocycles. The molecule has 2 heterocycles. The van der Waals surface area contributed by atoms with Crippen LogP contribution in [0.2, 0.25) is 10.0 Å². The van der Waals surface area contributed by atoms with E-state index in [-0.39, 0.29) is 24.3 Å². The fourth-order valence-electron chi connectivity index (χ4n) is 3.88. The van der Waals surface area contributed by atoms with Crippen molar-refractivity contribution in [2.45, 2.75) is 19.2 Å². The highest BCUT2D eigenvalue weighted by Crippen LogP contribution is 2.48. The summed E-state index contributed by atoms with van der Waals surface area (Å²) >= 11 is 15.3. The first-order valence-corrected chi connectivity index (χ1v) is 11.7. The molecule has 1 amide bonds. The smallest absolute Gasteiger partial charge is 0.308 e. The van der Waals surface area contributed by atoms with Gasteiger partial charge in [0.05, 0.1) is 40.9 Å². The summed E-state index contributed by atoms with van der Waals surface area (Å²) in [5.41, 5.74) is -0.768. The number of hydrogen-bond acceptors (Lipinski definition) is 4. The maximum Gasteiger partial charge on any atom is 0.308 e. The third kappa shape index (κ3) is 4.43. The van der Waals surface area contributed by atoms with Gasteiger partial charge in [0, 0.05) is 21.3 Å². The fraction of sp³-hybridized carbons (Fsp3) is 0.208. The SMILES string of the molecule is C[C@H](COC1(c2ccc(Cl)cc2)c2c(F)cc(Br)cc2C(=O)N1Cc1ccc(Cl)cn1)C(=O)O. The third-order valence-electron chi connectivity index (χ3n) is 5.56. The van der Waals surface area contributed by atoms with Gasteiger partial charge in [-0.05, 0) is 43.3 Å². The second-order valence-corrected chi connectivity index (χ2v) is 9.66. The number of aromatic nitrogens is 1. The van der Waals surface area contributed by atoms with Gasteiger partial charge in [-0.25, -0.2) is 4.39 Å². The van der Waals surface area contributed by atoms with Crippen LogP contribution in [0.15, 0.2) is 59.2 Å². The Morgan fingerprint density at radius 1 is 1.21 bits per heavy atom. The molecule has 1 N–H and O–H groups in total. The first-order chi connectivity index (χ1) is 16.1. The molecule has 1 aliphatic heterocycles. The molecule has 4 rings (SSSR count). The second kappa shape index (κ2) is 9.62. The minimum atomic E-state index is -1.76. The van der Waals surface area contributed by atoms with E-state index in [1.807, 2.05) is 0 Å². The van der Waals surface area contributed by atoms with Crippen molar-refractivity contribution >= 4 is 51.0 Å². The standard InChI is InChI=1S/C24H18BrCl2FN2O4/c1-13(23(32)33)12-34-24(14-2-4-16(26)5-3-14)21-19(8-15(25)9-20(21)28)22(31)30(24)11-18-7-6-17(27)10-29-18/h2-10,13H,11-12H2,1H3,(H,32,33)/t13-,24?/m1/s1. The maximum absolute atomic E-state index is 15.6. The number of benzene rings is 2. The number of carbonyl (C=O) groups excluding carboxylic acids is 1. The lowest BCUT2D eigenvalue weighted by Gasteiger charge is -2.40. The van der Waals surface area contributed by atoms with Crippen molar-refractivity contribution in [3.8, 4) is 0 Å². The Labute approximate surface area is 213 Å². The van der Waals surface area contributed by atoms with Crippen molar-refractivity contribution in [1.82, 2.24) is 9.88 Å². The van der Waals surface area contributed by atoms with Crippen LogP contribution in [-0.4, -0.2) is 33.5 Å². The summed E-state index contributed by atoms with van der Waals surface area (Å²) in [6.07, 6.45) is 1.44. The highest BCUT2D eigenvalue weighted by Gasteiger charge is 2.54. The van der Waals surface area contributed by atoms with Gasteiger partial charge >= 0.3 is 5.97 Å². The molecule has 0 aliphatic carbocycles.